The number of fused-ring (bicyclic) bond motifs is 5. The third-order valence-electron chi connectivity index (χ3n) is 11.8. The Labute approximate surface area is 210 Å². The quantitative estimate of drug-likeness (QED) is 0.263. The Balaban J connectivity index is 1.61. The molecule has 0 heterocycles. The van der Waals surface area contributed by atoms with E-state index in [0.29, 0.717) is 10.8 Å². The van der Waals surface area contributed by atoms with Crippen LogP contribution >= 0.6 is 0 Å². The van der Waals surface area contributed by atoms with Crippen molar-refractivity contribution in [3.63, 3.8) is 0 Å². The van der Waals surface area contributed by atoms with Crippen molar-refractivity contribution in [2.75, 3.05) is 0 Å². The molecule has 0 aromatic rings. The molecular formula is C31H56OSn. The second kappa shape index (κ2) is 10.9. The normalized spacial score (nSPS) is 40.7. The third-order valence-corrected chi connectivity index (χ3v) is 28.5. The van der Waals surface area contributed by atoms with Gasteiger partial charge in [-0.2, -0.15) is 0 Å². The van der Waals surface area contributed by atoms with E-state index < -0.39 is 18.4 Å². The Morgan fingerprint density at radius 1 is 0.848 bits per heavy atom. The monoisotopic (exact) mass is 564 g/mol. The number of aliphatic hydroxyl groups excluding tert-OH is 1. The van der Waals surface area contributed by atoms with Gasteiger partial charge in [0.05, 0.1) is 0 Å². The molecule has 2 heteroatoms. The van der Waals surface area contributed by atoms with Gasteiger partial charge < -0.3 is 0 Å². The van der Waals surface area contributed by atoms with Crippen molar-refractivity contribution in [2.45, 2.75) is 144 Å². The molecular weight excluding hydrogens is 507 g/mol. The Morgan fingerprint density at radius 3 is 2.09 bits per heavy atom. The zero-order valence-corrected chi connectivity index (χ0v) is 25.8. The maximum atomic E-state index is 10.4. The third kappa shape index (κ3) is 4.78. The van der Waals surface area contributed by atoms with Crippen LogP contribution in [-0.4, -0.2) is 29.6 Å². The zero-order chi connectivity index (χ0) is 23.7. The van der Waals surface area contributed by atoms with Crippen LogP contribution in [0.1, 0.15) is 125 Å². The molecule has 4 rings (SSSR count). The number of rotatable bonds is 10. The fraction of sp³-hybridized carbons (Fsp3) is 0.935. The molecule has 0 aliphatic heterocycles. The van der Waals surface area contributed by atoms with Crippen LogP contribution in [0.4, 0.5) is 0 Å². The molecule has 0 radical (unpaired) electrons. The first-order chi connectivity index (χ1) is 15.8. The van der Waals surface area contributed by atoms with Gasteiger partial charge in [-0.05, 0) is 0 Å². The van der Waals surface area contributed by atoms with Crippen LogP contribution in [0.2, 0.25) is 13.3 Å². The second-order valence-electron chi connectivity index (χ2n) is 13.5. The average molecular weight is 563 g/mol. The average Bonchev–Trinajstić information content (AvgIpc) is 3.17. The Morgan fingerprint density at radius 2 is 1.48 bits per heavy atom. The Bertz CT molecular complexity index is 663. The number of unbranched alkanes of at least 4 members (excludes halogenated alkanes) is 3. The van der Waals surface area contributed by atoms with Crippen molar-refractivity contribution in [3.05, 3.63) is 9.67 Å². The van der Waals surface area contributed by atoms with E-state index in [-0.39, 0.29) is 6.10 Å². The topological polar surface area (TPSA) is 20.2 Å². The molecule has 0 bridgehead atoms. The molecule has 190 valence electrons. The van der Waals surface area contributed by atoms with Gasteiger partial charge in [-0.15, -0.1) is 0 Å². The van der Waals surface area contributed by atoms with Crippen LogP contribution in [0.3, 0.4) is 0 Å². The summed E-state index contributed by atoms with van der Waals surface area (Å²) >= 11 is -2.36. The fourth-order valence-corrected chi connectivity index (χ4v) is 29.1. The van der Waals surface area contributed by atoms with Gasteiger partial charge in [-0.25, -0.2) is 0 Å². The number of aliphatic hydroxyl groups is 1. The van der Waals surface area contributed by atoms with E-state index in [0.717, 1.165) is 36.5 Å². The molecule has 0 spiro atoms. The maximum absolute atomic E-state index is 10.4. The fourth-order valence-electron chi connectivity index (χ4n) is 9.95. The standard InChI is InChI=1S/C19H29O.3C4H9.Sn/c1-18-9-3-4-16(18)15-6-5-13-12-14(20)7-11-19(13,2)17(15)8-10-18;3*1-3-4-2;/h3,13-17,20H,4-8,10-12H2,1-2H3;3*1,3-4H2,2H3;/t13-,14-,15-,16-,17-,18-,19-;;;;/m0..../s1. The minimum atomic E-state index is -2.36. The van der Waals surface area contributed by atoms with Gasteiger partial charge >= 0.3 is 212 Å². The van der Waals surface area contributed by atoms with Crippen molar-refractivity contribution < 1.29 is 5.11 Å². The van der Waals surface area contributed by atoms with Crippen molar-refractivity contribution >= 4 is 18.4 Å². The van der Waals surface area contributed by atoms with Gasteiger partial charge in [0.25, 0.3) is 0 Å². The molecule has 0 saturated heterocycles. The van der Waals surface area contributed by atoms with Gasteiger partial charge in [0.1, 0.15) is 0 Å². The summed E-state index contributed by atoms with van der Waals surface area (Å²) in [6, 6.07) is 0. The van der Waals surface area contributed by atoms with Crippen molar-refractivity contribution in [3.8, 4) is 0 Å². The molecule has 1 N–H and O–H groups in total. The number of hydrogen-bond acceptors (Lipinski definition) is 1. The Kier molecular flexibility index (Phi) is 8.74. The van der Waals surface area contributed by atoms with Gasteiger partial charge in [0.2, 0.25) is 0 Å². The summed E-state index contributed by atoms with van der Waals surface area (Å²) in [5.41, 5.74) is 1.06. The van der Waals surface area contributed by atoms with Crippen molar-refractivity contribution in [2.24, 2.45) is 34.5 Å². The molecule has 4 aliphatic carbocycles. The first-order valence-corrected chi connectivity index (χ1v) is 22.7. The van der Waals surface area contributed by atoms with E-state index in [1.54, 1.807) is 13.3 Å². The van der Waals surface area contributed by atoms with Gasteiger partial charge in [0, 0.05) is 0 Å². The SMILES string of the molecule is CCC[CH2][Sn]([CH2]CCC)([CH2]CCC)[C]1=CC[C@H]2[C@@H]3CC[C@H]4C[C@@H](O)CC[C@]4(C)[C@H]3CC[C@]12C. The van der Waals surface area contributed by atoms with Crippen molar-refractivity contribution in [1.29, 1.82) is 0 Å². The van der Waals surface area contributed by atoms with E-state index in [4.69, 9.17) is 0 Å². The van der Waals surface area contributed by atoms with Crippen LogP contribution in [0.25, 0.3) is 0 Å². The van der Waals surface area contributed by atoms with E-state index in [1.165, 1.54) is 77.0 Å². The molecule has 3 fully saturated rings. The molecule has 33 heavy (non-hydrogen) atoms. The van der Waals surface area contributed by atoms with E-state index >= 15 is 0 Å². The van der Waals surface area contributed by atoms with E-state index in [2.05, 4.69) is 44.3 Å². The molecule has 1 nitrogen and oxygen atoms in total. The molecule has 7 atom stereocenters. The summed E-state index contributed by atoms with van der Waals surface area (Å²) in [5.74, 6) is 3.62. The summed E-state index contributed by atoms with van der Waals surface area (Å²) in [7, 11) is 0. The molecule has 4 aliphatic rings. The summed E-state index contributed by atoms with van der Waals surface area (Å²) in [6.45, 7) is 12.7. The van der Waals surface area contributed by atoms with Crippen LogP contribution in [0.5, 0.6) is 0 Å². The summed E-state index contributed by atoms with van der Waals surface area (Å²) in [5, 5.41) is 10.4. The molecule has 3 saturated carbocycles. The predicted octanol–water partition coefficient (Wildman–Crippen LogP) is 9.31. The second-order valence-corrected chi connectivity index (χ2v) is 26.6. The first kappa shape index (κ1) is 26.6. The Hall–Kier alpha value is 0.499. The van der Waals surface area contributed by atoms with Crippen LogP contribution < -0.4 is 0 Å². The first-order valence-electron chi connectivity index (χ1n) is 15.2. The molecule has 0 amide bonds. The molecule has 0 unspecified atom stereocenters. The van der Waals surface area contributed by atoms with Crippen LogP contribution in [0, 0.1) is 34.5 Å². The zero-order valence-electron chi connectivity index (χ0n) is 22.9. The van der Waals surface area contributed by atoms with Crippen LogP contribution in [-0.2, 0) is 0 Å². The van der Waals surface area contributed by atoms with Crippen molar-refractivity contribution in [1.82, 2.24) is 0 Å². The minimum absolute atomic E-state index is 0.0152. The summed E-state index contributed by atoms with van der Waals surface area (Å²) in [6.07, 6.45) is 22.2. The number of allylic oxidation sites excluding steroid dienone is 2. The summed E-state index contributed by atoms with van der Waals surface area (Å²) in [4.78, 5) is 0. The van der Waals surface area contributed by atoms with Gasteiger partial charge in [-0.1, -0.05) is 0 Å². The van der Waals surface area contributed by atoms with E-state index in [9.17, 15) is 5.11 Å². The summed E-state index contributed by atoms with van der Waals surface area (Å²) < 4.78 is 7.09. The van der Waals surface area contributed by atoms with Gasteiger partial charge in [-0.3, -0.25) is 0 Å². The predicted molar refractivity (Wildman–Crippen MR) is 146 cm³/mol. The van der Waals surface area contributed by atoms with Crippen LogP contribution in [0.15, 0.2) is 9.67 Å². The van der Waals surface area contributed by atoms with E-state index in [1.807, 2.05) is 0 Å². The van der Waals surface area contributed by atoms with Gasteiger partial charge in [0.15, 0.2) is 0 Å². The molecule has 0 aromatic carbocycles. The molecule has 0 aromatic heterocycles. The number of hydrogen-bond donors (Lipinski definition) is 1.